The Hall–Kier alpha value is -4.61. The van der Waals surface area contributed by atoms with Gasteiger partial charge in [0.2, 0.25) is 0 Å². The largest absolute Gasteiger partial charge is 0.478 e. The maximum Gasteiger partial charge on any atom is 0.426 e. The molecule has 0 saturated heterocycles. The number of halogens is 5. The van der Waals surface area contributed by atoms with Gasteiger partial charge in [0.1, 0.15) is 11.9 Å². The molecule has 3 aromatic carbocycles. The van der Waals surface area contributed by atoms with Crippen LogP contribution >= 0.6 is 0 Å². The van der Waals surface area contributed by atoms with Crippen LogP contribution in [0.3, 0.4) is 0 Å². The Morgan fingerprint density at radius 1 is 0.911 bits per heavy atom. The Morgan fingerprint density at radius 2 is 1.53 bits per heavy atom. The number of rotatable bonds is 15. The molecular weight excluding hydrogens is 599 g/mol. The van der Waals surface area contributed by atoms with Crippen molar-refractivity contribution < 1.29 is 46.1 Å². The summed E-state index contributed by atoms with van der Waals surface area (Å²) >= 11 is 0. The molecule has 3 rings (SSSR count). The highest BCUT2D eigenvalue weighted by Crippen LogP contribution is 2.32. The fourth-order valence-corrected chi connectivity index (χ4v) is 4.49. The van der Waals surface area contributed by atoms with Gasteiger partial charge in [-0.05, 0) is 79.3 Å². The first-order chi connectivity index (χ1) is 21.2. The molecule has 0 aliphatic rings. The number of carboxylic acid groups (broad SMARTS) is 1. The lowest BCUT2D eigenvalue weighted by Gasteiger charge is -2.19. The van der Waals surface area contributed by atoms with E-state index in [4.69, 9.17) is 26.0 Å². The highest BCUT2D eigenvalue weighted by Gasteiger charge is 2.34. The minimum Gasteiger partial charge on any atom is -0.478 e. The Bertz CT molecular complexity index is 1450. The minimum atomic E-state index is -4.17. The Morgan fingerprint density at radius 3 is 2.09 bits per heavy atom. The van der Waals surface area contributed by atoms with E-state index in [-0.39, 0.29) is 41.1 Å². The van der Waals surface area contributed by atoms with Crippen LogP contribution < -0.4 is 16.2 Å². The second-order valence-corrected chi connectivity index (χ2v) is 10.5. The molecule has 1 unspecified atom stereocenters. The summed E-state index contributed by atoms with van der Waals surface area (Å²) in [6, 6.07) is 13.7. The number of hydrogen-bond acceptors (Lipinski definition) is 6. The fourth-order valence-electron chi connectivity index (χ4n) is 4.49. The Kier molecular flexibility index (Phi) is 11.9. The van der Waals surface area contributed by atoms with Crippen LogP contribution in [0.5, 0.6) is 5.75 Å². The molecule has 0 spiro atoms. The molecule has 0 saturated carbocycles. The number of aryl methyl sites for hydroxylation is 1. The lowest BCUT2D eigenvalue weighted by Crippen LogP contribution is -2.21. The summed E-state index contributed by atoms with van der Waals surface area (Å²) in [5.74, 6) is -1.93. The van der Waals surface area contributed by atoms with Crippen LogP contribution in [-0.4, -0.2) is 29.3 Å². The molecule has 0 aromatic heterocycles. The molecule has 242 valence electrons. The van der Waals surface area contributed by atoms with Crippen LogP contribution in [0, 0.1) is 0 Å². The van der Waals surface area contributed by atoms with Crippen LogP contribution in [0.25, 0.3) is 6.08 Å². The van der Waals surface area contributed by atoms with E-state index in [2.05, 4.69) is 0 Å². The number of hydrogen-bond donors (Lipinski definition) is 3. The van der Waals surface area contributed by atoms with E-state index in [9.17, 15) is 31.5 Å². The highest BCUT2D eigenvalue weighted by atomic mass is 19.4. The third-order valence-corrected chi connectivity index (χ3v) is 6.99. The van der Waals surface area contributed by atoms with Crippen molar-refractivity contribution in [3.8, 4) is 5.75 Å². The van der Waals surface area contributed by atoms with Gasteiger partial charge in [-0.25, -0.2) is 9.59 Å². The van der Waals surface area contributed by atoms with Crippen molar-refractivity contribution in [3.63, 3.8) is 0 Å². The molecule has 0 aliphatic carbocycles. The number of ether oxygens (including phenoxy) is 2. The molecule has 0 heterocycles. The van der Waals surface area contributed by atoms with Crippen LogP contribution in [0.15, 0.2) is 66.7 Å². The monoisotopic (exact) mass is 634 g/mol. The maximum absolute atomic E-state index is 14.8. The van der Waals surface area contributed by atoms with Crippen molar-refractivity contribution in [3.05, 3.63) is 94.6 Å². The summed E-state index contributed by atoms with van der Waals surface area (Å²) in [7, 11) is 0. The SMILES string of the molecule is CCC(Cc1c(N)cc(C(=O)O)cc1N)OC(=O)C=Cc1ccc(OC(F)(F)c2ccc(CCCCCC(F)(F)F)cc2)cc1. The van der Waals surface area contributed by atoms with Crippen LogP contribution in [0.1, 0.15) is 71.6 Å². The summed E-state index contributed by atoms with van der Waals surface area (Å²) < 4.78 is 76.6. The van der Waals surface area contributed by atoms with E-state index >= 15 is 0 Å². The molecule has 0 amide bonds. The van der Waals surface area contributed by atoms with Crippen LogP contribution in [-0.2, 0) is 28.5 Å². The lowest BCUT2D eigenvalue weighted by molar-refractivity contribution is -0.185. The van der Waals surface area contributed by atoms with E-state index in [1.165, 1.54) is 72.8 Å². The van der Waals surface area contributed by atoms with Crippen molar-refractivity contribution in [1.29, 1.82) is 0 Å². The average Bonchev–Trinajstić information content (AvgIpc) is 2.97. The van der Waals surface area contributed by atoms with E-state index < -0.39 is 36.7 Å². The molecule has 0 fully saturated rings. The smallest absolute Gasteiger partial charge is 0.426 e. The number of aromatic carboxylic acids is 1. The molecule has 7 nitrogen and oxygen atoms in total. The summed E-state index contributed by atoms with van der Waals surface area (Å²) in [6.07, 6.45) is -4.54. The Labute approximate surface area is 257 Å². The number of benzene rings is 3. The first-order valence-electron chi connectivity index (χ1n) is 14.3. The number of esters is 1. The topological polar surface area (TPSA) is 125 Å². The van der Waals surface area contributed by atoms with Gasteiger partial charge in [0.05, 0.1) is 11.1 Å². The quantitative estimate of drug-likeness (QED) is 0.0510. The van der Waals surface area contributed by atoms with E-state index in [0.717, 1.165) is 5.56 Å². The third-order valence-electron chi connectivity index (χ3n) is 6.99. The minimum absolute atomic E-state index is 0.0332. The van der Waals surface area contributed by atoms with Gasteiger partial charge in [-0.3, -0.25) is 0 Å². The summed E-state index contributed by atoms with van der Waals surface area (Å²) in [4.78, 5) is 23.6. The third kappa shape index (κ3) is 11.1. The number of nitrogens with two attached hydrogens (primary N) is 2. The van der Waals surface area contributed by atoms with Gasteiger partial charge in [0.15, 0.2) is 0 Å². The molecule has 5 N–H and O–H groups in total. The molecule has 0 bridgehead atoms. The van der Waals surface area contributed by atoms with Gasteiger partial charge in [-0.1, -0.05) is 37.6 Å². The van der Waals surface area contributed by atoms with Crippen molar-refractivity contribution in [2.75, 3.05) is 11.5 Å². The summed E-state index contributed by atoms with van der Waals surface area (Å²) in [5, 5.41) is 9.14. The zero-order chi connectivity index (χ0) is 33.2. The second-order valence-electron chi connectivity index (χ2n) is 10.5. The predicted octanol–water partition coefficient (Wildman–Crippen LogP) is 7.92. The number of carboxylic acids is 1. The van der Waals surface area contributed by atoms with Gasteiger partial charge in [0.25, 0.3) is 0 Å². The average molecular weight is 635 g/mol. The fraction of sp³-hybridized carbons (Fsp3) is 0.333. The number of nitrogen functional groups attached to an aromatic ring is 2. The number of alkyl halides is 5. The Balaban J connectivity index is 1.52. The van der Waals surface area contributed by atoms with Gasteiger partial charge < -0.3 is 26.0 Å². The summed E-state index contributed by atoms with van der Waals surface area (Å²) in [5.41, 5.74) is 13.6. The molecule has 45 heavy (non-hydrogen) atoms. The number of carbonyl (C=O) groups excluding carboxylic acids is 1. The molecule has 0 radical (unpaired) electrons. The van der Waals surface area contributed by atoms with E-state index in [0.29, 0.717) is 36.8 Å². The molecule has 1 atom stereocenters. The normalized spacial score (nSPS) is 12.7. The first kappa shape index (κ1) is 34.9. The van der Waals surface area contributed by atoms with Crippen molar-refractivity contribution in [2.45, 2.75) is 70.3 Å². The maximum atomic E-state index is 14.8. The zero-order valence-electron chi connectivity index (χ0n) is 24.6. The lowest BCUT2D eigenvalue weighted by atomic mass is 10.00. The number of carbonyl (C=O) groups is 2. The van der Waals surface area contributed by atoms with Crippen LogP contribution in [0.2, 0.25) is 0 Å². The molecule has 3 aromatic rings. The molecule has 12 heteroatoms. The van der Waals surface area contributed by atoms with Gasteiger partial charge in [-0.2, -0.15) is 22.0 Å². The van der Waals surface area contributed by atoms with Crippen molar-refractivity contribution in [2.24, 2.45) is 0 Å². The van der Waals surface area contributed by atoms with E-state index in [1.807, 2.05) is 0 Å². The molecule has 0 aliphatic heterocycles. The first-order valence-corrected chi connectivity index (χ1v) is 14.3. The number of unbranched alkanes of at least 4 members (excludes halogenated alkanes) is 2. The van der Waals surface area contributed by atoms with Gasteiger partial charge in [0, 0.05) is 35.9 Å². The summed E-state index contributed by atoms with van der Waals surface area (Å²) in [6.45, 7) is 1.80. The zero-order valence-corrected chi connectivity index (χ0v) is 24.6. The predicted molar refractivity (Wildman–Crippen MR) is 161 cm³/mol. The second kappa shape index (κ2) is 15.4. The van der Waals surface area contributed by atoms with Crippen molar-refractivity contribution >= 4 is 29.4 Å². The van der Waals surface area contributed by atoms with E-state index in [1.54, 1.807) is 6.92 Å². The highest BCUT2D eigenvalue weighted by molar-refractivity contribution is 5.91. The molecular formula is C33H35F5N2O5. The van der Waals surface area contributed by atoms with Gasteiger partial charge >= 0.3 is 24.2 Å². The standard InChI is InChI=1S/C33H35F5N2O5/c1-2-25(20-27-28(39)18-23(31(42)43)19-29(27)40)44-30(41)16-11-22-9-14-26(15-10-22)45-33(37,38)24-12-7-21(8-13-24)6-4-3-5-17-32(34,35)36/h7-16,18-19,25H,2-6,17,20,39-40H2,1H3,(H,42,43). The van der Waals surface area contributed by atoms with Crippen molar-refractivity contribution in [1.82, 2.24) is 0 Å². The van der Waals surface area contributed by atoms with Gasteiger partial charge in [-0.15, -0.1) is 0 Å². The number of anilines is 2. The van der Waals surface area contributed by atoms with Crippen LogP contribution in [0.4, 0.5) is 33.3 Å².